The number of hydrogen-bond donors (Lipinski definition) is 0. The van der Waals surface area contributed by atoms with E-state index in [-0.39, 0.29) is 11.1 Å². The largest absolute Gasteiger partial charge is 0.312 e. The van der Waals surface area contributed by atoms with Gasteiger partial charge in [0.25, 0.3) is 10.8 Å². The first-order valence-corrected chi connectivity index (χ1v) is 5.36. The van der Waals surface area contributed by atoms with Crippen LogP contribution in [-0.4, -0.2) is 9.81 Å². The zero-order chi connectivity index (χ0) is 11.4. The normalized spacial score (nSPS) is 10.3. The second-order valence-corrected chi connectivity index (χ2v) is 3.82. The Morgan fingerprint density at radius 2 is 2.13 bits per heavy atom. The van der Waals surface area contributed by atoms with Crippen LogP contribution in [0.2, 0.25) is 0 Å². The van der Waals surface area contributed by atoms with Crippen LogP contribution in [0.15, 0.2) is 16.9 Å². The Morgan fingerprint density at radius 1 is 1.47 bits per heavy atom. The highest BCUT2D eigenvalue weighted by molar-refractivity contribution is 6.67. The molecule has 0 unspecified atom stereocenters. The van der Waals surface area contributed by atoms with Crippen molar-refractivity contribution in [1.29, 1.82) is 0 Å². The number of carbonyl (C=O) groups is 1. The van der Waals surface area contributed by atoms with Gasteiger partial charge in [0.15, 0.2) is 0 Å². The third-order valence-corrected chi connectivity index (χ3v) is 2.54. The van der Waals surface area contributed by atoms with Crippen LogP contribution >= 0.6 is 11.6 Å². The first-order valence-electron chi connectivity index (χ1n) is 4.98. The van der Waals surface area contributed by atoms with Crippen molar-refractivity contribution < 1.29 is 4.79 Å². The Kier molecular flexibility index (Phi) is 4.09. The summed E-state index contributed by atoms with van der Waals surface area (Å²) >= 11 is 5.31. The minimum Gasteiger partial charge on any atom is -0.312 e. The molecule has 1 rings (SSSR count). The number of carbonyl (C=O) groups excluding carboxylic acids is 1. The van der Waals surface area contributed by atoms with Crippen LogP contribution in [0.5, 0.6) is 0 Å². The highest BCUT2D eigenvalue weighted by Gasteiger charge is 2.10. The smallest absolute Gasteiger partial charge is 0.262 e. The molecule has 1 aromatic rings. The van der Waals surface area contributed by atoms with Crippen LogP contribution in [0.1, 0.15) is 35.8 Å². The molecule has 4 heteroatoms. The van der Waals surface area contributed by atoms with Crippen molar-refractivity contribution in [2.45, 2.75) is 33.2 Å². The number of rotatable bonds is 4. The predicted molar refractivity (Wildman–Crippen MR) is 60.5 cm³/mol. The first-order chi connectivity index (χ1) is 7.07. The Morgan fingerprint density at radius 3 is 2.67 bits per heavy atom. The highest BCUT2D eigenvalue weighted by Crippen LogP contribution is 2.03. The fourth-order valence-electron chi connectivity index (χ4n) is 1.41. The molecule has 0 aromatic carbocycles. The summed E-state index contributed by atoms with van der Waals surface area (Å²) in [6.07, 6.45) is 1.92. The van der Waals surface area contributed by atoms with E-state index < -0.39 is 5.24 Å². The summed E-state index contributed by atoms with van der Waals surface area (Å²) < 4.78 is 1.60. The van der Waals surface area contributed by atoms with Gasteiger partial charge in [-0.2, -0.15) is 0 Å². The van der Waals surface area contributed by atoms with E-state index in [0.29, 0.717) is 6.54 Å². The van der Waals surface area contributed by atoms with Crippen molar-refractivity contribution in [1.82, 2.24) is 4.57 Å². The number of hydrogen-bond acceptors (Lipinski definition) is 2. The van der Waals surface area contributed by atoms with Crippen molar-refractivity contribution in [2.75, 3.05) is 0 Å². The van der Waals surface area contributed by atoms with E-state index in [4.69, 9.17) is 11.6 Å². The van der Waals surface area contributed by atoms with Gasteiger partial charge in [0.1, 0.15) is 0 Å². The fourth-order valence-corrected chi connectivity index (χ4v) is 1.56. The summed E-state index contributed by atoms with van der Waals surface area (Å²) in [5.74, 6) is 0. The van der Waals surface area contributed by atoms with Gasteiger partial charge < -0.3 is 4.57 Å². The van der Waals surface area contributed by atoms with Gasteiger partial charge in [0.2, 0.25) is 0 Å². The highest BCUT2D eigenvalue weighted by atomic mass is 35.5. The van der Waals surface area contributed by atoms with Gasteiger partial charge in [-0.15, -0.1) is 0 Å². The van der Waals surface area contributed by atoms with E-state index in [2.05, 4.69) is 6.92 Å². The molecule has 15 heavy (non-hydrogen) atoms. The van der Waals surface area contributed by atoms with Gasteiger partial charge >= 0.3 is 0 Å². The summed E-state index contributed by atoms with van der Waals surface area (Å²) in [5.41, 5.74) is 0.622. The topological polar surface area (TPSA) is 39.1 Å². The van der Waals surface area contributed by atoms with Gasteiger partial charge in [-0.25, -0.2) is 0 Å². The van der Waals surface area contributed by atoms with Crippen LogP contribution in [0.4, 0.5) is 0 Å². The minimum atomic E-state index is -0.690. The fraction of sp³-hybridized carbons (Fsp3) is 0.455. The zero-order valence-electron chi connectivity index (χ0n) is 8.92. The van der Waals surface area contributed by atoms with Crippen molar-refractivity contribution in [3.8, 4) is 0 Å². The lowest BCUT2D eigenvalue weighted by Crippen LogP contribution is -2.26. The van der Waals surface area contributed by atoms with Crippen LogP contribution in [0.25, 0.3) is 0 Å². The zero-order valence-corrected chi connectivity index (χ0v) is 9.67. The summed E-state index contributed by atoms with van der Waals surface area (Å²) in [5, 5.41) is -0.690. The Hall–Kier alpha value is -1.09. The minimum absolute atomic E-state index is 0.0540. The number of aryl methyl sites for hydroxylation is 1. The molecule has 0 fully saturated rings. The lowest BCUT2D eigenvalue weighted by Gasteiger charge is -2.09. The van der Waals surface area contributed by atoms with E-state index in [1.165, 1.54) is 6.07 Å². The quantitative estimate of drug-likeness (QED) is 0.741. The van der Waals surface area contributed by atoms with Crippen LogP contribution in [-0.2, 0) is 6.54 Å². The van der Waals surface area contributed by atoms with E-state index in [1.54, 1.807) is 10.6 Å². The molecule has 0 N–H and O–H groups in total. The van der Waals surface area contributed by atoms with Crippen molar-refractivity contribution in [3.63, 3.8) is 0 Å². The summed E-state index contributed by atoms with van der Waals surface area (Å²) in [4.78, 5) is 22.8. The third-order valence-electron chi connectivity index (χ3n) is 2.34. The summed E-state index contributed by atoms with van der Waals surface area (Å²) in [7, 11) is 0. The average Bonchev–Trinajstić information content (AvgIpc) is 2.17. The van der Waals surface area contributed by atoms with E-state index in [0.717, 1.165) is 18.5 Å². The number of nitrogens with zero attached hydrogens (tertiary/aromatic N) is 1. The third kappa shape index (κ3) is 2.69. The first kappa shape index (κ1) is 12.0. The molecule has 0 saturated heterocycles. The van der Waals surface area contributed by atoms with Gasteiger partial charge in [0, 0.05) is 12.2 Å². The monoisotopic (exact) mass is 227 g/mol. The molecule has 0 spiro atoms. The lowest BCUT2D eigenvalue weighted by molar-refractivity contribution is 0.107. The maximum Gasteiger partial charge on any atom is 0.262 e. The molecule has 82 valence electrons. The summed E-state index contributed by atoms with van der Waals surface area (Å²) in [6, 6.07) is 3.22. The van der Waals surface area contributed by atoms with Gasteiger partial charge in [0.05, 0.1) is 5.56 Å². The van der Waals surface area contributed by atoms with Gasteiger partial charge in [-0.1, -0.05) is 13.3 Å². The van der Waals surface area contributed by atoms with Gasteiger partial charge in [-0.05, 0) is 37.1 Å². The molecular formula is C11H14ClNO2. The second kappa shape index (κ2) is 5.12. The van der Waals surface area contributed by atoms with Crippen LogP contribution < -0.4 is 5.56 Å². The Balaban J connectivity index is 3.18. The standard InChI is InChI=1S/C11H14ClNO2/c1-3-4-7-13-8(2)5-6-9(10(12)14)11(13)15/h5-6H,3-4,7H2,1-2H3. The van der Waals surface area contributed by atoms with Crippen molar-refractivity contribution in [3.05, 3.63) is 33.7 Å². The lowest BCUT2D eigenvalue weighted by atomic mass is 10.2. The molecule has 0 aliphatic carbocycles. The maximum atomic E-state index is 11.8. The molecular weight excluding hydrogens is 214 g/mol. The molecule has 0 radical (unpaired) electrons. The summed E-state index contributed by atoms with van der Waals surface area (Å²) in [6.45, 7) is 4.54. The van der Waals surface area contributed by atoms with Crippen molar-refractivity contribution >= 4 is 16.8 Å². The van der Waals surface area contributed by atoms with Gasteiger partial charge in [-0.3, -0.25) is 9.59 Å². The molecule has 1 aromatic heterocycles. The van der Waals surface area contributed by atoms with Crippen LogP contribution in [0.3, 0.4) is 0 Å². The molecule has 0 atom stereocenters. The number of pyridine rings is 1. The van der Waals surface area contributed by atoms with E-state index in [1.807, 2.05) is 6.92 Å². The predicted octanol–water partition coefficient (Wildman–Crippen LogP) is 2.34. The molecule has 0 aliphatic heterocycles. The molecule has 0 amide bonds. The molecule has 3 nitrogen and oxygen atoms in total. The molecule has 0 saturated carbocycles. The van der Waals surface area contributed by atoms with E-state index >= 15 is 0 Å². The average molecular weight is 228 g/mol. The Labute approximate surface area is 93.7 Å². The van der Waals surface area contributed by atoms with Crippen molar-refractivity contribution in [2.24, 2.45) is 0 Å². The molecule has 1 heterocycles. The Bertz CT molecular complexity index is 423. The maximum absolute atomic E-state index is 11.8. The van der Waals surface area contributed by atoms with Crippen LogP contribution in [0, 0.1) is 6.92 Å². The number of unbranched alkanes of at least 4 members (excludes halogenated alkanes) is 1. The van der Waals surface area contributed by atoms with E-state index in [9.17, 15) is 9.59 Å². The number of aromatic nitrogens is 1. The second-order valence-electron chi connectivity index (χ2n) is 3.47. The molecule has 0 bridgehead atoms. The number of halogens is 1. The molecule has 0 aliphatic rings. The SMILES string of the molecule is CCCCn1c(C)ccc(C(=O)Cl)c1=O.